The molecule has 0 unspecified atom stereocenters. The van der Waals surface area contributed by atoms with E-state index in [-0.39, 0.29) is 12.4 Å². The molecule has 0 saturated carbocycles. The van der Waals surface area contributed by atoms with Crippen LogP contribution in [0.3, 0.4) is 0 Å². The lowest BCUT2D eigenvalue weighted by molar-refractivity contribution is 0.350. The minimum absolute atomic E-state index is 0.215. The largest absolute Gasteiger partial charge is 0.384 e. The third-order valence-electron chi connectivity index (χ3n) is 2.74. The fourth-order valence-corrected chi connectivity index (χ4v) is 2.78. The highest BCUT2D eigenvalue weighted by molar-refractivity contribution is 7.97. The average molecular weight is 286 g/mol. The van der Waals surface area contributed by atoms with Crippen molar-refractivity contribution in [1.29, 1.82) is 0 Å². The lowest BCUT2D eigenvalue weighted by Crippen LogP contribution is -1.91. The number of halogens is 1. The highest BCUT2D eigenvalue weighted by Gasteiger charge is 2.03. The van der Waals surface area contributed by atoms with Crippen molar-refractivity contribution in [2.75, 3.05) is 6.61 Å². The third-order valence-corrected chi connectivity index (χ3v) is 3.80. The second-order valence-electron chi connectivity index (χ2n) is 4.24. The van der Waals surface area contributed by atoms with E-state index in [2.05, 4.69) is 24.0 Å². The van der Waals surface area contributed by atoms with Crippen LogP contribution in [0.4, 0.5) is 4.39 Å². The lowest BCUT2D eigenvalue weighted by atomic mass is 10.1. The van der Waals surface area contributed by atoms with Crippen LogP contribution >= 0.6 is 11.8 Å². The van der Waals surface area contributed by atoms with Crippen molar-refractivity contribution < 1.29 is 9.50 Å². The van der Waals surface area contributed by atoms with Gasteiger partial charge in [-0.25, -0.2) is 4.39 Å². The van der Waals surface area contributed by atoms with Crippen LogP contribution in [-0.2, 0) is 11.5 Å². The molecule has 1 N–H and O–H groups in total. The molecule has 2 aromatic rings. The van der Waals surface area contributed by atoms with Crippen molar-refractivity contribution in [1.82, 2.24) is 0 Å². The van der Waals surface area contributed by atoms with E-state index >= 15 is 0 Å². The molecule has 2 aromatic carbocycles. The molecular formula is C17H15FOS. The van der Waals surface area contributed by atoms with Gasteiger partial charge in [-0.1, -0.05) is 48.2 Å². The van der Waals surface area contributed by atoms with Crippen molar-refractivity contribution in [2.24, 2.45) is 0 Å². The summed E-state index contributed by atoms with van der Waals surface area (Å²) in [5, 5.41) is 8.74. The summed E-state index contributed by atoms with van der Waals surface area (Å²) in [6.07, 6.45) is 0. The van der Waals surface area contributed by atoms with Crippen molar-refractivity contribution >= 4 is 11.8 Å². The molecule has 0 radical (unpaired) electrons. The quantitative estimate of drug-likeness (QED) is 0.867. The topological polar surface area (TPSA) is 20.2 Å². The maximum Gasteiger partial charge on any atom is 0.124 e. The molecule has 0 aliphatic carbocycles. The van der Waals surface area contributed by atoms with E-state index in [0.717, 1.165) is 17.1 Å². The van der Waals surface area contributed by atoms with Gasteiger partial charge in [0.15, 0.2) is 0 Å². The number of hydrogen-bond donors (Lipinski definition) is 1. The van der Waals surface area contributed by atoms with Gasteiger partial charge < -0.3 is 5.11 Å². The molecular weight excluding hydrogens is 271 g/mol. The Kier molecular flexibility index (Phi) is 5.67. The molecule has 0 saturated heterocycles. The first kappa shape index (κ1) is 14.6. The van der Waals surface area contributed by atoms with Crippen LogP contribution in [-0.4, -0.2) is 11.7 Å². The molecule has 1 nitrogen and oxygen atoms in total. The SMILES string of the molecule is OCC#Cc1cc(F)ccc1CSCc1ccccc1. The molecule has 0 aliphatic heterocycles. The number of thioether (sulfide) groups is 1. The van der Waals surface area contributed by atoms with E-state index in [9.17, 15) is 4.39 Å². The van der Waals surface area contributed by atoms with E-state index in [1.54, 1.807) is 17.8 Å². The van der Waals surface area contributed by atoms with Gasteiger partial charge in [-0.3, -0.25) is 0 Å². The first-order valence-corrected chi connectivity index (χ1v) is 7.45. The van der Waals surface area contributed by atoms with Crippen LogP contribution in [0.1, 0.15) is 16.7 Å². The highest BCUT2D eigenvalue weighted by Crippen LogP contribution is 2.20. The van der Waals surface area contributed by atoms with Gasteiger partial charge in [0.2, 0.25) is 0 Å². The normalized spacial score (nSPS) is 9.90. The Morgan fingerprint density at radius 2 is 1.85 bits per heavy atom. The zero-order chi connectivity index (χ0) is 14.2. The maximum atomic E-state index is 13.2. The summed E-state index contributed by atoms with van der Waals surface area (Å²) in [7, 11) is 0. The van der Waals surface area contributed by atoms with Crippen molar-refractivity contribution in [3.05, 3.63) is 71.0 Å². The first-order valence-electron chi connectivity index (χ1n) is 6.29. The van der Waals surface area contributed by atoms with Crippen LogP contribution in [0, 0.1) is 17.7 Å². The molecule has 2 rings (SSSR count). The third kappa shape index (κ3) is 4.41. The summed E-state index contributed by atoms with van der Waals surface area (Å²) in [6.45, 7) is -0.215. The number of rotatable bonds is 4. The van der Waals surface area contributed by atoms with Gasteiger partial charge in [0, 0.05) is 17.1 Å². The predicted octanol–water partition coefficient (Wildman–Crippen LogP) is 3.60. The van der Waals surface area contributed by atoms with E-state index < -0.39 is 0 Å². The minimum Gasteiger partial charge on any atom is -0.384 e. The number of benzene rings is 2. The Balaban J connectivity index is 2.02. The standard InChI is InChI=1S/C17H15FOS/c18-17-9-8-16(15(11-17)7-4-10-19)13-20-12-14-5-2-1-3-6-14/h1-3,5-6,8-9,11,19H,10,12-13H2. The minimum atomic E-state index is -0.302. The summed E-state index contributed by atoms with van der Waals surface area (Å²) in [6, 6.07) is 14.8. The Bertz CT molecular complexity index is 614. The van der Waals surface area contributed by atoms with Gasteiger partial charge in [-0.15, -0.1) is 0 Å². The Morgan fingerprint density at radius 3 is 2.60 bits per heavy atom. The first-order chi connectivity index (χ1) is 9.79. The van der Waals surface area contributed by atoms with Gasteiger partial charge >= 0.3 is 0 Å². The lowest BCUT2D eigenvalue weighted by Gasteiger charge is -2.05. The maximum absolute atomic E-state index is 13.2. The second-order valence-corrected chi connectivity index (χ2v) is 5.23. The second kappa shape index (κ2) is 7.74. The van der Waals surface area contributed by atoms with Crippen LogP contribution in [0.15, 0.2) is 48.5 Å². The zero-order valence-corrected chi connectivity index (χ0v) is 11.8. The molecule has 0 aromatic heterocycles. The Hall–Kier alpha value is -1.76. The summed E-state index contributed by atoms with van der Waals surface area (Å²) in [5.74, 6) is 6.74. The van der Waals surface area contributed by atoms with E-state index in [4.69, 9.17) is 5.11 Å². The molecule has 0 fully saturated rings. The molecule has 0 spiro atoms. The van der Waals surface area contributed by atoms with Crippen molar-refractivity contribution in [2.45, 2.75) is 11.5 Å². The van der Waals surface area contributed by atoms with E-state index in [0.29, 0.717) is 5.56 Å². The van der Waals surface area contributed by atoms with E-state index in [1.807, 2.05) is 18.2 Å². The molecule has 0 amide bonds. The van der Waals surface area contributed by atoms with Crippen LogP contribution in [0.5, 0.6) is 0 Å². The Morgan fingerprint density at radius 1 is 1.05 bits per heavy atom. The summed E-state index contributed by atoms with van der Waals surface area (Å²) >= 11 is 1.76. The molecule has 20 heavy (non-hydrogen) atoms. The molecule has 102 valence electrons. The monoisotopic (exact) mass is 286 g/mol. The van der Waals surface area contributed by atoms with Gasteiger partial charge in [0.1, 0.15) is 12.4 Å². The predicted molar refractivity (Wildman–Crippen MR) is 81.8 cm³/mol. The highest BCUT2D eigenvalue weighted by atomic mass is 32.2. The van der Waals surface area contributed by atoms with Crippen LogP contribution in [0.2, 0.25) is 0 Å². The fraction of sp³-hybridized carbons (Fsp3) is 0.176. The van der Waals surface area contributed by atoms with Gasteiger partial charge in [0.05, 0.1) is 0 Å². The number of aliphatic hydroxyl groups excluding tert-OH is 1. The average Bonchev–Trinajstić information content (AvgIpc) is 2.48. The molecule has 0 atom stereocenters. The van der Waals surface area contributed by atoms with Crippen LogP contribution in [0.25, 0.3) is 0 Å². The molecule has 0 aliphatic rings. The summed E-state index contributed by atoms with van der Waals surface area (Å²) < 4.78 is 13.2. The van der Waals surface area contributed by atoms with Crippen molar-refractivity contribution in [3.8, 4) is 11.8 Å². The van der Waals surface area contributed by atoms with Crippen molar-refractivity contribution in [3.63, 3.8) is 0 Å². The van der Waals surface area contributed by atoms with Gasteiger partial charge in [-0.2, -0.15) is 11.8 Å². The van der Waals surface area contributed by atoms with E-state index in [1.165, 1.54) is 17.7 Å². The molecule has 0 heterocycles. The van der Waals surface area contributed by atoms with Gasteiger partial charge in [-0.05, 0) is 23.3 Å². The number of aliphatic hydroxyl groups is 1. The van der Waals surface area contributed by atoms with Crippen LogP contribution < -0.4 is 0 Å². The summed E-state index contributed by atoms with van der Waals surface area (Å²) in [4.78, 5) is 0. The Labute approximate surface area is 122 Å². The number of hydrogen-bond acceptors (Lipinski definition) is 2. The summed E-state index contributed by atoms with van der Waals surface area (Å²) in [5.41, 5.74) is 2.91. The molecule has 3 heteroatoms. The van der Waals surface area contributed by atoms with Gasteiger partial charge in [0.25, 0.3) is 0 Å². The molecule has 0 bridgehead atoms. The zero-order valence-electron chi connectivity index (χ0n) is 11.0. The fourth-order valence-electron chi connectivity index (χ4n) is 1.78. The smallest absolute Gasteiger partial charge is 0.124 e.